The molecule has 1 rings (SSSR count). The number of rotatable bonds is 3. The maximum Gasteiger partial charge on any atom is 0.237 e. The molecule has 0 aromatic heterocycles. The Hall–Kier alpha value is -0.610. The van der Waals surface area contributed by atoms with Gasteiger partial charge in [0.15, 0.2) is 0 Å². The Morgan fingerprint density at radius 3 is 3.00 bits per heavy atom. The van der Waals surface area contributed by atoms with Gasteiger partial charge in [0.25, 0.3) is 0 Å². The fourth-order valence-corrected chi connectivity index (χ4v) is 1.90. The zero-order chi connectivity index (χ0) is 10.6. The van der Waals surface area contributed by atoms with Crippen LogP contribution in [0.4, 0.5) is 0 Å². The van der Waals surface area contributed by atoms with Crippen LogP contribution in [0.25, 0.3) is 0 Å². The summed E-state index contributed by atoms with van der Waals surface area (Å²) in [5.74, 6) is 0.140. The molecule has 1 saturated heterocycles. The van der Waals surface area contributed by atoms with E-state index < -0.39 is 0 Å². The van der Waals surface area contributed by atoms with Gasteiger partial charge in [0.1, 0.15) is 0 Å². The van der Waals surface area contributed by atoms with Crippen molar-refractivity contribution in [1.29, 1.82) is 0 Å². The number of carbonyl (C=O) groups is 1. The highest BCUT2D eigenvalue weighted by Gasteiger charge is 2.26. The van der Waals surface area contributed by atoms with Crippen LogP contribution in [0.2, 0.25) is 0 Å². The lowest BCUT2D eigenvalue weighted by molar-refractivity contribution is -0.126. The highest BCUT2D eigenvalue weighted by atomic mass is 16.2. The van der Waals surface area contributed by atoms with Gasteiger partial charge in [-0.25, -0.2) is 0 Å². The van der Waals surface area contributed by atoms with E-state index in [2.05, 4.69) is 22.5 Å². The van der Waals surface area contributed by atoms with E-state index in [1.165, 1.54) is 0 Å². The Kier molecular flexibility index (Phi) is 4.35. The third-order valence-electron chi connectivity index (χ3n) is 2.78. The molecule has 0 aliphatic carbocycles. The van der Waals surface area contributed by atoms with Gasteiger partial charge in [-0.05, 0) is 20.8 Å². The largest absolute Gasteiger partial charge is 0.355 e. The summed E-state index contributed by atoms with van der Waals surface area (Å²) in [7, 11) is 0. The van der Waals surface area contributed by atoms with Crippen LogP contribution in [-0.2, 0) is 4.79 Å². The fourth-order valence-electron chi connectivity index (χ4n) is 1.90. The van der Waals surface area contributed by atoms with Crippen LogP contribution in [0.15, 0.2) is 0 Å². The van der Waals surface area contributed by atoms with Gasteiger partial charge in [-0.1, -0.05) is 0 Å². The molecule has 1 heterocycles. The number of nitrogens with one attached hydrogen (secondary N) is 2. The van der Waals surface area contributed by atoms with Crippen molar-refractivity contribution in [2.45, 2.75) is 32.9 Å². The molecule has 1 unspecified atom stereocenters. The highest BCUT2D eigenvalue weighted by molar-refractivity contribution is 5.81. The molecule has 2 atom stereocenters. The van der Waals surface area contributed by atoms with Crippen LogP contribution in [0, 0.1) is 0 Å². The van der Waals surface area contributed by atoms with Gasteiger partial charge < -0.3 is 10.6 Å². The molecule has 2 N–H and O–H groups in total. The predicted octanol–water partition coefficient (Wildman–Crippen LogP) is -0.195. The van der Waals surface area contributed by atoms with Crippen molar-refractivity contribution in [1.82, 2.24) is 15.5 Å². The molecule has 0 radical (unpaired) electrons. The van der Waals surface area contributed by atoms with Crippen molar-refractivity contribution in [2.75, 3.05) is 26.2 Å². The highest BCUT2D eigenvalue weighted by Crippen LogP contribution is 2.07. The molecule has 1 aliphatic rings. The SMILES string of the molecule is CCNC(=O)C(C)N1CCNC[C@H]1C. The number of likely N-dealkylation sites (N-methyl/N-ethyl adjacent to an activating group) is 1. The van der Waals surface area contributed by atoms with Gasteiger partial charge in [0.2, 0.25) is 5.91 Å². The second-order valence-electron chi connectivity index (χ2n) is 3.86. The number of amides is 1. The van der Waals surface area contributed by atoms with E-state index in [1.54, 1.807) is 0 Å². The first-order valence-electron chi connectivity index (χ1n) is 5.41. The predicted molar refractivity (Wildman–Crippen MR) is 57.2 cm³/mol. The average molecular weight is 199 g/mol. The van der Waals surface area contributed by atoms with E-state index in [1.807, 2.05) is 13.8 Å². The lowest BCUT2D eigenvalue weighted by Crippen LogP contribution is -2.57. The van der Waals surface area contributed by atoms with Crippen LogP contribution in [-0.4, -0.2) is 49.1 Å². The van der Waals surface area contributed by atoms with E-state index in [4.69, 9.17) is 0 Å². The Labute approximate surface area is 86.0 Å². The quantitative estimate of drug-likeness (QED) is 0.662. The summed E-state index contributed by atoms with van der Waals surface area (Å²) in [5, 5.41) is 6.18. The van der Waals surface area contributed by atoms with E-state index in [9.17, 15) is 4.79 Å². The third-order valence-corrected chi connectivity index (χ3v) is 2.78. The van der Waals surface area contributed by atoms with Gasteiger partial charge in [0, 0.05) is 32.2 Å². The maximum atomic E-state index is 11.6. The minimum absolute atomic E-state index is 0.00736. The Bertz CT molecular complexity index is 196. The summed E-state index contributed by atoms with van der Waals surface area (Å²) in [4.78, 5) is 13.9. The van der Waals surface area contributed by atoms with E-state index >= 15 is 0 Å². The van der Waals surface area contributed by atoms with Crippen LogP contribution >= 0.6 is 0 Å². The minimum Gasteiger partial charge on any atom is -0.355 e. The molecule has 14 heavy (non-hydrogen) atoms. The van der Waals surface area contributed by atoms with Crippen molar-refractivity contribution in [2.24, 2.45) is 0 Å². The van der Waals surface area contributed by atoms with Crippen molar-refractivity contribution >= 4 is 5.91 Å². The van der Waals surface area contributed by atoms with Gasteiger partial charge >= 0.3 is 0 Å². The van der Waals surface area contributed by atoms with E-state index in [-0.39, 0.29) is 11.9 Å². The number of carbonyl (C=O) groups excluding carboxylic acids is 1. The normalized spacial score (nSPS) is 25.8. The molecule has 1 aliphatic heterocycles. The lowest BCUT2D eigenvalue weighted by atomic mass is 10.1. The number of hydrogen-bond acceptors (Lipinski definition) is 3. The summed E-state index contributed by atoms with van der Waals surface area (Å²) in [6, 6.07) is 0.438. The zero-order valence-electron chi connectivity index (χ0n) is 9.34. The number of hydrogen-bond donors (Lipinski definition) is 2. The molecule has 0 saturated carbocycles. The lowest BCUT2D eigenvalue weighted by Gasteiger charge is -2.37. The Balaban J connectivity index is 2.48. The molecular formula is C10H21N3O. The zero-order valence-corrected chi connectivity index (χ0v) is 9.34. The molecule has 0 aromatic rings. The average Bonchev–Trinajstić information content (AvgIpc) is 2.18. The first-order chi connectivity index (χ1) is 6.66. The van der Waals surface area contributed by atoms with Crippen LogP contribution in [0.3, 0.4) is 0 Å². The summed E-state index contributed by atoms with van der Waals surface area (Å²) in [6.07, 6.45) is 0. The van der Waals surface area contributed by atoms with Gasteiger partial charge in [-0.2, -0.15) is 0 Å². The number of piperazine rings is 1. The Morgan fingerprint density at radius 1 is 1.71 bits per heavy atom. The third kappa shape index (κ3) is 2.69. The smallest absolute Gasteiger partial charge is 0.237 e. The summed E-state index contributed by atoms with van der Waals surface area (Å²) >= 11 is 0. The van der Waals surface area contributed by atoms with Crippen LogP contribution in [0.1, 0.15) is 20.8 Å². The molecule has 0 aromatic carbocycles. The second-order valence-corrected chi connectivity index (χ2v) is 3.86. The minimum atomic E-state index is -0.00736. The van der Waals surface area contributed by atoms with Crippen molar-refractivity contribution in [3.05, 3.63) is 0 Å². The van der Waals surface area contributed by atoms with Gasteiger partial charge in [-0.15, -0.1) is 0 Å². The molecule has 4 nitrogen and oxygen atoms in total. The summed E-state index contributed by atoms with van der Waals surface area (Å²) in [6.45, 7) is 9.71. The Morgan fingerprint density at radius 2 is 2.43 bits per heavy atom. The standard InChI is InChI=1S/C10H21N3O/c1-4-12-10(14)9(3)13-6-5-11-7-8(13)2/h8-9,11H,4-7H2,1-3H3,(H,12,14)/t8-,9?/m1/s1. The van der Waals surface area contributed by atoms with E-state index in [0.29, 0.717) is 12.6 Å². The van der Waals surface area contributed by atoms with Crippen LogP contribution < -0.4 is 10.6 Å². The van der Waals surface area contributed by atoms with Crippen molar-refractivity contribution < 1.29 is 4.79 Å². The molecular weight excluding hydrogens is 178 g/mol. The maximum absolute atomic E-state index is 11.6. The first kappa shape index (κ1) is 11.5. The summed E-state index contributed by atoms with van der Waals surface area (Å²) in [5.41, 5.74) is 0. The molecule has 4 heteroatoms. The van der Waals surface area contributed by atoms with Crippen molar-refractivity contribution in [3.63, 3.8) is 0 Å². The van der Waals surface area contributed by atoms with Crippen molar-refractivity contribution in [3.8, 4) is 0 Å². The molecule has 1 fully saturated rings. The molecule has 1 amide bonds. The summed E-state index contributed by atoms with van der Waals surface area (Å²) < 4.78 is 0. The molecule has 82 valence electrons. The molecule has 0 bridgehead atoms. The number of nitrogens with zero attached hydrogens (tertiary/aromatic N) is 1. The van der Waals surface area contributed by atoms with Gasteiger partial charge in [0.05, 0.1) is 6.04 Å². The first-order valence-corrected chi connectivity index (χ1v) is 5.41. The second kappa shape index (κ2) is 5.32. The van der Waals surface area contributed by atoms with E-state index in [0.717, 1.165) is 19.6 Å². The fraction of sp³-hybridized carbons (Fsp3) is 0.900. The van der Waals surface area contributed by atoms with Gasteiger partial charge in [-0.3, -0.25) is 9.69 Å². The topological polar surface area (TPSA) is 44.4 Å². The molecule has 0 spiro atoms. The van der Waals surface area contributed by atoms with Crippen LogP contribution in [0.5, 0.6) is 0 Å². The monoisotopic (exact) mass is 199 g/mol.